The second-order valence-electron chi connectivity index (χ2n) is 6.57. The number of aryl methyl sites for hydroxylation is 1. The van der Waals surface area contributed by atoms with Gasteiger partial charge in [0.1, 0.15) is 23.8 Å². The number of piperidine rings is 1. The molecule has 3 aromatic rings. The first-order valence-electron chi connectivity index (χ1n) is 8.99. The van der Waals surface area contributed by atoms with E-state index in [1.807, 2.05) is 35.9 Å². The van der Waals surface area contributed by atoms with Gasteiger partial charge in [-0.2, -0.15) is 0 Å². The highest BCUT2D eigenvalue weighted by molar-refractivity contribution is 5.92. The highest BCUT2D eigenvalue weighted by Gasteiger charge is 2.26. The van der Waals surface area contributed by atoms with Crippen LogP contribution in [0.5, 0.6) is 0 Å². The molecule has 0 aromatic carbocycles. The maximum absolute atomic E-state index is 12.5. The summed E-state index contributed by atoms with van der Waals surface area (Å²) < 4.78 is 1.93. The standard InChI is InChI=1S/C19H21N7O/c1-14-21-7-10-26(14)18-11-17(22-13-23-18)25-8-4-15(5-9-25)19(27)24-16-3-2-6-20-12-16/h2-3,6-7,10-13,15H,4-5,8-9H2,1H3,(H,24,27). The van der Waals surface area contributed by atoms with Crippen molar-refractivity contribution in [1.29, 1.82) is 0 Å². The molecule has 1 N–H and O–H groups in total. The SMILES string of the molecule is Cc1nccn1-c1cc(N2CCC(C(=O)Nc3cccnc3)CC2)ncn1. The number of anilines is 2. The Labute approximate surface area is 157 Å². The van der Waals surface area contributed by atoms with Crippen LogP contribution in [0.2, 0.25) is 0 Å². The van der Waals surface area contributed by atoms with Gasteiger partial charge in [0, 0.05) is 43.7 Å². The Morgan fingerprint density at radius 2 is 1.96 bits per heavy atom. The molecule has 0 bridgehead atoms. The van der Waals surface area contributed by atoms with E-state index in [2.05, 4.69) is 30.2 Å². The molecule has 0 aliphatic carbocycles. The van der Waals surface area contributed by atoms with Crippen LogP contribution < -0.4 is 10.2 Å². The van der Waals surface area contributed by atoms with Crippen LogP contribution in [0, 0.1) is 12.8 Å². The molecule has 8 nitrogen and oxygen atoms in total. The molecule has 0 radical (unpaired) electrons. The third kappa shape index (κ3) is 3.79. The molecule has 4 heterocycles. The van der Waals surface area contributed by atoms with Gasteiger partial charge in [0.05, 0.1) is 11.9 Å². The lowest BCUT2D eigenvalue weighted by atomic mass is 9.96. The normalized spacial score (nSPS) is 14.9. The summed E-state index contributed by atoms with van der Waals surface area (Å²) in [7, 11) is 0. The molecular formula is C19H21N7O. The predicted molar refractivity (Wildman–Crippen MR) is 102 cm³/mol. The third-order valence-corrected chi connectivity index (χ3v) is 4.83. The Morgan fingerprint density at radius 3 is 2.67 bits per heavy atom. The van der Waals surface area contributed by atoms with Gasteiger partial charge in [-0.15, -0.1) is 0 Å². The van der Waals surface area contributed by atoms with Crippen molar-refractivity contribution in [3.63, 3.8) is 0 Å². The summed E-state index contributed by atoms with van der Waals surface area (Å²) in [5.41, 5.74) is 0.737. The minimum atomic E-state index is -0.00124. The molecule has 0 saturated carbocycles. The number of carbonyl (C=O) groups is 1. The van der Waals surface area contributed by atoms with Crippen molar-refractivity contribution in [2.75, 3.05) is 23.3 Å². The molecule has 1 saturated heterocycles. The van der Waals surface area contributed by atoms with Crippen molar-refractivity contribution in [2.24, 2.45) is 5.92 Å². The quantitative estimate of drug-likeness (QED) is 0.765. The van der Waals surface area contributed by atoms with E-state index >= 15 is 0 Å². The predicted octanol–water partition coefficient (Wildman–Crippen LogP) is 2.22. The number of amides is 1. The maximum atomic E-state index is 12.5. The first-order valence-corrected chi connectivity index (χ1v) is 8.99. The summed E-state index contributed by atoms with van der Waals surface area (Å²) in [5, 5.41) is 2.94. The molecule has 0 unspecified atom stereocenters. The summed E-state index contributed by atoms with van der Waals surface area (Å²) in [6.07, 6.45) is 10.1. The Kier molecular flexibility index (Phi) is 4.78. The van der Waals surface area contributed by atoms with Crippen molar-refractivity contribution in [3.8, 4) is 5.82 Å². The van der Waals surface area contributed by atoms with Crippen LogP contribution in [-0.4, -0.2) is 43.5 Å². The third-order valence-electron chi connectivity index (χ3n) is 4.83. The van der Waals surface area contributed by atoms with Gasteiger partial charge in [0.2, 0.25) is 5.91 Å². The van der Waals surface area contributed by atoms with Crippen LogP contribution in [0.1, 0.15) is 18.7 Å². The smallest absolute Gasteiger partial charge is 0.227 e. The Balaban J connectivity index is 1.39. The molecule has 3 aromatic heterocycles. The zero-order valence-corrected chi connectivity index (χ0v) is 15.1. The van der Waals surface area contributed by atoms with Gasteiger partial charge < -0.3 is 10.2 Å². The zero-order chi connectivity index (χ0) is 18.6. The van der Waals surface area contributed by atoms with E-state index < -0.39 is 0 Å². The molecule has 4 rings (SSSR count). The summed E-state index contributed by atoms with van der Waals surface area (Å²) in [6.45, 7) is 3.50. The van der Waals surface area contributed by atoms with Crippen molar-refractivity contribution in [2.45, 2.75) is 19.8 Å². The lowest BCUT2D eigenvalue weighted by Crippen LogP contribution is -2.38. The number of aromatic nitrogens is 5. The van der Waals surface area contributed by atoms with Gasteiger partial charge in [-0.1, -0.05) is 0 Å². The Morgan fingerprint density at radius 1 is 1.15 bits per heavy atom. The monoisotopic (exact) mass is 363 g/mol. The molecule has 27 heavy (non-hydrogen) atoms. The number of nitrogens with zero attached hydrogens (tertiary/aromatic N) is 6. The van der Waals surface area contributed by atoms with Gasteiger partial charge in [0.15, 0.2) is 0 Å². The van der Waals surface area contributed by atoms with E-state index in [0.717, 1.165) is 49.1 Å². The van der Waals surface area contributed by atoms with Crippen molar-refractivity contribution >= 4 is 17.4 Å². The minimum Gasteiger partial charge on any atom is -0.356 e. The average Bonchev–Trinajstić information content (AvgIpc) is 3.15. The van der Waals surface area contributed by atoms with Gasteiger partial charge in [-0.05, 0) is 31.9 Å². The second-order valence-corrected chi connectivity index (χ2v) is 6.57. The number of nitrogens with one attached hydrogen (secondary N) is 1. The lowest BCUT2D eigenvalue weighted by molar-refractivity contribution is -0.120. The zero-order valence-electron chi connectivity index (χ0n) is 15.1. The highest BCUT2D eigenvalue weighted by atomic mass is 16.1. The number of imidazole rings is 1. The van der Waals surface area contributed by atoms with Crippen LogP contribution >= 0.6 is 0 Å². The molecule has 0 spiro atoms. The first kappa shape index (κ1) is 17.1. The van der Waals surface area contributed by atoms with E-state index in [1.165, 1.54) is 0 Å². The van der Waals surface area contributed by atoms with Crippen LogP contribution in [0.15, 0.2) is 49.3 Å². The summed E-state index contributed by atoms with van der Waals surface area (Å²) >= 11 is 0. The topological polar surface area (TPSA) is 88.8 Å². The fourth-order valence-electron chi connectivity index (χ4n) is 3.31. The number of rotatable bonds is 4. The van der Waals surface area contributed by atoms with Gasteiger partial charge in [0.25, 0.3) is 0 Å². The molecule has 1 fully saturated rings. The Hall–Kier alpha value is -3.29. The molecule has 1 aliphatic heterocycles. The summed E-state index contributed by atoms with van der Waals surface area (Å²) in [5.74, 6) is 2.61. The Bertz CT molecular complexity index is 917. The number of carbonyl (C=O) groups excluding carboxylic acids is 1. The van der Waals surface area contributed by atoms with Crippen LogP contribution in [0.25, 0.3) is 5.82 Å². The first-order chi connectivity index (χ1) is 13.2. The second kappa shape index (κ2) is 7.53. The number of hydrogen-bond donors (Lipinski definition) is 1. The average molecular weight is 363 g/mol. The molecule has 1 aliphatic rings. The fourth-order valence-corrected chi connectivity index (χ4v) is 3.31. The lowest BCUT2D eigenvalue weighted by Gasteiger charge is -2.32. The van der Waals surface area contributed by atoms with Gasteiger partial charge in [-0.25, -0.2) is 15.0 Å². The van der Waals surface area contributed by atoms with Crippen LogP contribution in [-0.2, 0) is 4.79 Å². The molecular weight excluding hydrogens is 342 g/mol. The van der Waals surface area contributed by atoms with E-state index in [1.54, 1.807) is 24.9 Å². The highest BCUT2D eigenvalue weighted by Crippen LogP contribution is 2.24. The molecule has 0 atom stereocenters. The number of hydrogen-bond acceptors (Lipinski definition) is 6. The largest absolute Gasteiger partial charge is 0.356 e. The van der Waals surface area contributed by atoms with Crippen molar-refractivity contribution in [1.82, 2.24) is 24.5 Å². The number of pyridine rings is 1. The van der Waals surface area contributed by atoms with E-state index in [-0.39, 0.29) is 11.8 Å². The van der Waals surface area contributed by atoms with E-state index in [4.69, 9.17) is 0 Å². The van der Waals surface area contributed by atoms with Gasteiger partial charge >= 0.3 is 0 Å². The van der Waals surface area contributed by atoms with Crippen molar-refractivity contribution in [3.05, 3.63) is 55.1 Å². The van der Waals surface area contributed by atoms with E-state index in [9.17, 15) is 4.79 Å². The van der Waals surface area contributed by atoms with Crippen molar-refractivity contribution < 1.29 is 4.79 Å². The fraction of sp³-hybridized carbons (Fsp3) is 0.316. The molecule has 8 heteroatoms. The maximum Gasteiger partial charge on any atom is 0.227 e. The summed E-state index contributed by atoms with van der Waals surface area (Å²) in [4.78, 5) is 31.7. The minimum absolute atomic E-state index is 0.00124. The van der Waals surface area contributed by atoms with Crippen LogP contribution in [0.3, 0.4) is 0 Å². The molecule has 138 valence electrons. The van der Waals surface area contributed by atoms with Gasteiger partial charge in [-0.3, -0.25) is 14.3 Å². The molecule has 1 amide bonds. The van der Waals surface area contributed by atoms with E-state index in [0.29, 0.717) is 0 Å². The summed E-state index contributed by atoms with van der Waals surface area (Å²) in [6, 6.07) is 5.62. The van der Waals surface area contributed by atoms with Crippen LogP contribution in [0.4, 0.5) is 11.5 Å².